The van der Waals surface area contributed by atoms with Crippen molar-refractivity contribution in [2.24, 2.45) is 12.8 Å². The van der Waals surface area contributed by atoms with Crippen LogP contribution in [-0.4, -0.2) is 44.7 Å². The Labute approximate surface area is 192 Å². The molecule has 0 spiro atoms. The molecule has 0 aliphatic heterocycles. The molecule has 0 aliphatic carbocycles. The van der Waals surface area contributed by atoms with Crippen molar-refractivity contribution in [2.45, 2.75) is 6.61 Å². The van der Waals surface area contributed by atoms with Crippen molar-refractivity contribution in [2.75, 3.05) is 14.2 Å². The Kier molecular flexibility index (Phi) is 5.09. The Hall–Kier alpha value is -4.12. The summed E-state index contributed by atoms with van der Waals surface area (Å²) >= 11 is 1.23. The molecule has 5 rings (SSSR count). The second-order valence-electron chi connectivity index (χ2n) is 7.28. The van der Waals surface area contributed by atoms with Gasteiger partial charge in [-0.2, -0.15) is 0 Å². The van der Waals surface area contributed by atoms with Crippen molar-refractivity contribution in [1.82, 2.24) is 24.5 Å². The summed E-state index contributed by atoms with van der Waals surface area (Å²) in [4.78, 5) is 16.9. The summed E-state index contributed by atoms with van der Waals surface area (Å²) in [5.74, 6) is 1.02. The number of carbonyl (C=O) groups is 1. The first-order valence-electron chi connectivity index (χ1n) is 9.92. The van der Waals surface area contributed by atoms with Gasteiger partial charge in [-0.25, -0.2) is 9.67 Å². The molecule has 11 heteroatoms. The van der Waals surface area contributed by atoms with Gasteiger partial charge in [0.25, 0.3) is 5.91 Å². The highest BCUT2D eigenvalue weighted by Crippen LogP contribution is 2.37. The highest BCUT2D eigenvalue weighted by atomic mass is 32.1. The van der Waals surface area contributed by atoms with E-state index in [1.807, 2.05) is 35.9 Å². The van der Waals surface area contributed by atoms with Crippen LogP contribution in [0.15, 0.2) is 42.7 Å². The number of hydrogen-bond acceptors (Lipinski definition) is 8. The number of nitrogens with two attached hydrogens (primary N) is 1. The van der Waals surface area contributed by atoms with Crippen molar-refractivity contribution >= 4 is 39.3 Å². The molecule has 10 nitrogen and oxygen atoms in total. The third kappa shape index (κ3) is 3.61. The van der Waals surface area contributed by atoms with E-state index >= 15 is 0 Å². The van der Waals surface area contributed by atoms with E-state index in [1.165, 1.54) is 11.3 Å². The predicted octanol–water partition coefficient (Wildman–Crippen LogP) is 3.06. The topological polar surface area (TPSA) is 119 Å². The summed E-state index contributed by atoms with van der Waals surface area (Å²) in [6, 6.07) is 11.2. The van der Waals surface area contributed by atoms with Crippen LogP contribution in [0, 0.1) is 0 Å². The van der Waals surface area contributed by atoms with Gasteiger partial charge in [0.1, 0.15) is 34.1 Å². The summed E-state index contributed by atoms with van der Waals surface area (Å²) < 4.78 is 20.3. The first-order valence-corrected chi connectivity index (χ1v) is 10.7. The largest absolute Gasteiger partial charge is 0.493 e. The van der Waals surface area contributed by atoms with Gasteiger partial charge in [-0.05, 0) is 17.7 Å². The number of aryl methyl sites for hydroxylation is 1. The van der Waals surface area contributed by atoms with E-state index in [9.17, 15) is 4.79 Å². The summed E-state index contributed by atoms with van der Waals surface area (Å²) in [6.45, 7) is 0.257. The maximum atomic E-state index is 12.1. The van der Waals surface area contributed by atoms with E-state index in [2.05, 4.69) is 15.3 Å². The zero-order valence-corrected chi connectivity index (χ0v) is 18.9. The maximum absolute atomic E-state index is 12.1. The highest BCUT2D eigenvalue weighted by Gasteiger charge is 2.19. The van der Waals surface area contributed by atoms with Gasteiger partial charge < -0.3 is 19.9 Å². The molecule has 0 atom stereocenters. The first-order chi connectivity index (χ1) is 16.0. The minimum atomic E-state index is -0.559. The molecule has 0 fully saturated rings. The number of amides is 1. The number of imidazole rings is 1. The number of aromatic nitrogens is 5. The van der Waals surface area contributed by atoms with E-state index in [0.717, 1.165) is 32.6 Å². The lowest BCUT2D eigenvalue weighted by Gasteiger charge is -2.08. The van der Waals surface area contributed by atoms with Crippen molar-refractivity contribution in [1.29, 1.82) is 0 Å². The summed E-state index contributed by atoms with van der Waals surface area (Å²) in [5, 5.41) is 8.83. The minimum Gasteiger partial charge on any atom is -0.493 e. The number of rotatable bonds is 7. The van der Waals surface area contributed by atoms with Gasteiger partial charge in [-0.15, -0.1) is 16.4 Å². The van der Waals surface area contributed by atoms with E-state index in [4.69, 9.17) is 19.9 Å². The number of methoxy groups -OCH3 is 2. The minimum absolute atomic E-state index is 0.257. The van der Waals surface area contributed by atoms with E-state index < -0.39 is 5.91 Å². The molecule has 0 radical (unpaired) electrons. The van der Waals surface area contributed by atoms with E-state index in [-0.39, 0.29) is 6.61 Å². The molecule has 5 aromatic rings. The molecule has 168 valence electrons. The lowest BCUT2D eigenvalue weighted by molar-refractivity contribution is 0.1000. The Morgan fingerprint density at radius 1 is 1.03 bits per heavy atom. The number of carbonyl (C=O) groups excluding carboxylic acids is 1. The second kappa shape index (κ2) is 8.10. The molecular weight excluding hydrogens is 444 g/mol. The van der Waals surface area contributed by atoms with Crippen molar-refractivity contribution in [3.63, 3.8) is 0 Å². The van der Waals surface area contributed by atoms with Crippen LogP contribution in [0.3, 0.4) is 0 Å². The number of primary amides is 1. The lowest BCUT2D eigenvalue weighted by atomic mass is 10.2. The molecule has 2 aromatic carbocycles. The van der Waals surface area contributed by atoms with Gasteiger partial charge in [0.2, 0.25) is 0 Å². The predicted molar refractivity (Wildman–Crippen MR) is 123 cm³/mol. The Bertz CT molecular complexity index is 1500. The van der Waals surface area contributed by atoms with Crippen LogP contribution < -0.4 is 19.9 Å². The molecule has 0 unspecified atom stereocenters. The average molecular weight is 465 g/mol. The summed E-state index contributed by atoms with van der Waals surface area (Å²) in [6.07, 6.45) is 1.67. The zero-order valence-electron chi connectivity index (χ0n) is 18.1. The van der Waals surface area contributed by atoms with Crippen molar-refractivity contribution in [3.8, 4) is 22.2 Å². The number of fused-ring (bicyclic) bond motifs is 2. The normalized spacial score (nSPS) is 11.2. The summed E-state index contributed by atoms with van der Waals surface area (Å²) in [7, 11) is 4.98. The average Bonchev–Trinajstić information content (AvgIpc) is 3.53. The van der Waals surface area contributed by atoms with Crippen LogP contribution in [-0.2, 0) is 13.7 Å². The molecule has 0 saturated carbocycles. The molecule has 0 aliphatic rings. The van der Waals surface area contributed by atoms with Crippen molar-refractivity contribution in [3.05, 3.63) is 53.2 Å². The van der Waals surface area contributed by atoms with E-state index in [1.54, 1.807) is 37.4 Å². The quantitative estimate of drug-likeness (QED) is 0.393. The van der Waals surface area contributed by atoms with Crippen LogP contribution in [0.4, 0.5) is 0 Å². The van der Waals surface area contributed by atoms with Crippen LogP contribution in [0.25, 0.3) is 27.1 Å². The number of hydrogen-bond donors (Lipinski definition) is 1. The molecule has 2 N–H and O–H groups in total. The van der Waals surface area contributed by atoms with Gasteiger partial charge in [0.05, 0.1) is 30.8 Å². The summed E-state index contributed by atoms with van der Waals surface area (Å²) in [5.41, 5.74) is 9.77. The smallest absolute Gasteiger partial charge is 0.262 e. The standard InChI is InChI=1S/C22H20N6O4S/c1-27-15-6-12(4-5-13(15)25-26-27)10-32-19-9-20(33-21(19)22(23)29)28-11-24-14-7-17(30-2)18(31-3)8-16(14)28/h4-9,11H,10H2,1-3H3,(H2,23,29). The molecule has 1 amide bonds. The Balaban J connectivity index is 1.49. The number of ether oxygens (including phenoxy) is 3. The molecule has 3 aromatic heterocycles. The molecule has 3 heterocycles. The maximum Gasteiger partial charge on any atom is 0.262 e. The SMILES string of the molecule is COc1cc2ncn(-c3cc(OCc4ccc5nnn(C)c5c4)c(C(N)=O)s3)c2cc1OC. The fourth-order valence-corrected chi connectivity index (χ4v) is 4.54. The fourth-order valence-electron chi connectivity index (χ4n) is 3.60. The molecule has 33 heavy (non-hydrogen) atoms. The third-order valence-electron chi connectivity index (χ3n) is 5.27. The zero-order chi connectivity index (χ0) is 23.1. The van der Waals surface area contributed by atoms with E-state index in [0.29, 0.717) is 22.1 Å². The van der Waals surface area contributed by atoms with Gasteiger partial charge >= 0.3 is 0 Å². The Morgan fingerprint density at radius 2 is 1.82 bits per heavy atom. The van der Waals surface area contributed by atoms with Crippen molar-refractivity contribution < 1.29 is 19.0 Å². The highest BCUT2D eigenvalue weighted by molar-refractivity contribution is 7.16. The second-order valence-corrected chi connectivity index (χ2v) is 8.31. The Morgan fingerprint density at radius 3 is 2.58 bits per heavy atom. The third-order valence-corrected chi connectivity index (χ3v) is 6.40. The number of nitrogens with zero attached hydrogens (tertiary/aromatic N) is 5. The molecule has 0 bridgehead atoms. The number of thiophene rings is 1. The fraction of sp³-hybridized carbons (Fsp3) is 0.182. The molecular formula is C22H20N6O4S. The van der Waals surface area contributed by atoms with Gasteiger partial charge in [0.15, 0.2) is 11.5 Å². The lowest BCUT2D eigenvalue weighted by Crippen LogP contribution is -2.10. The van der Waals surface area contributed by atoms with Crippen LogP contribution in [0.5, 0.6) is 17.2 Å². The van der Waals surface area contributed by atoms with Gasteiger partial charge in [-0.3, -0.25) is 9.36 Å². The van der Waals surface area contributed by atoms with Crippen LogP contribution >= 0.6 is 11.3 Å². The monoisotopic (exact) mass is 464 g/mol. The van der Waals surface area contributed by atoms with Crippen LogP contribution in [0.2, 0.25) is 0 Å². The van der Waals surface area contributed by atoms with Crippen LogP contribution in [0.1, 0.15) is 15.2 Å². The van der Waals surface area contributed by atoms with Gasteiger partial charge in [0, 0.05) is 25.2 Å². The molecule has 0 saturated heterocycles. The number of benzene rings is 2. The first kappa shape index (κ1) is 20.8. The van der Waals surface area contributed by atoms with Gasteiger partial charge in [-0.1, -0.05) is 11.3 Å².